The van der Waals surface area contributed by atoms with E-state index in [1.807, 2.05) is 24.3 Å². The molecule has 0 saturated heterocycles. The summed E-state index contributed by atoms with van der Waals surface area (Å²) in [5, 5.41) is 0.587. The van der Waals surface area contributed by atoms with Crippen LogP contribution in [-0.4, -0.2) is 16.0 Å². The molecule has 2 N–H and O–H groups in total. The summed E-state index contributed by atoms with van der Waals surface area (Å²) in [5.74, 6) is 0.794. The van der Waals surface area contributed by atoms with Crippen LogP contribution in [0.1, 0.15) is 18.4 Å². The second kappa shape index (κ2) is 5.05. The minimum Gasteiger partial charge on any atom is -0.398 e. The first-order chi connectivity index (χ1) is 9.25. The van der Waals surface area contributed by atoms with Crippen LogP contribution in [-0.2, 0) is 6.54 Å². The van der Waals surface area contributed by atoms with Gasteiger partial charge in [-0.2, -0.15) is 0 Å². The van der Waals surface area contributed by atoms with Crippen molar-refractivity contribution < 1.29 is 0 Å². The second-order valence-electron chi connectivity index (χ2n) is 4.75. The van der Waals surface area contributed by atoms with Crippen LogP contribution in [0.2, 0.25) is 5.02 Å². The van der Waals surface area contributed by atoms with Gasteiger partial charge in [0.15, 0.2) is 5.82 Å². The largest absolute Gasteiger partial charge is 0.398 e. The molecule has 4 nitrogen and oxygen atoms in total. The van der Waals surface area contributed by atoms with E-state index in [1.165, 1.54) is 19.2 Å². The molecule has 0 amide bonds. The zero-order valence-electron chi connectivity index (χ0n) is 10.5. The molecule has 0 spiro atoms. The van der Waals surface area contributed by atoms with E-state index in [0.717, 1.165) is 23.6 Å². The van der Waals surface area contributed by atoms with Crippen LogP contribution in [0, 0.1) is 0 Å². The monoisotopic (exact) mass is 274 g/mol. The van der Waals surface area contributed by atoms with Crippen LogP contribution >= 0.6 is 11.6 Å². The third-order valence-corrected chi connectivity index (χ3v) is 3.57. The Morgan fingerprint density at radius 2 is 2.11 bits per heavy atom. The Balaban J connectivity index is 1.91. The van der Waals surface area contributed by atoms with Gasteiger partial charge in [-0.15, -0.1) is 0 Å². The maximum atomic E-state index is 6.20. The Hall–Kier alpha value is -1.81. The van der Waals surface area contributed by atoms with Crippen LogP contribution in [0.4, 0.5) is 11.5 Å². The number of aromatic nitrogens is 2. The summed E-state index contributed by atoms with van der Waals surface area (Å²) < 4.78 is 0. The number of nitrogens with two attached hydrogens (primary N) is 1. The minimum absolute atomic E-state index is 0.506. The summed E-state index contributed by atoms with van der Waals surface area (Å²) in [6, 6.07) is 8.41. The molecule has 3 rings (SSSR count). The Labute approximate surface area is 117 Å². The summed E-state index contributed by atoms with van der Waals surface area (Å²) in [5.41, 5.74) is 7.92. The molecule has 0 aliphatic heterocycles. The van der Waals surface area contributed by atoms with E-state index in [0.29, 0.717) is 11.1 Å². The zero-order chi connectivity index (χ0) is 13.2. The van der Waals surface area contributed by atoms with Gasteiger partial charge in [-0.05, 0) is 24.5 Å². The lowest BCUT2D eigenvalue weighted by Gasteiger charge is -2.24. The topological polar surface area (TPSA) is 55.0 Å². The summed E-state index contributed by atoms with van der Waals surface area (Å²) in [4.78, 5) is 10.5. The first-order valence-electron chi connectivity index (χ1n) is 6.31. The highest BCUT2D eigenvalue weighted by atomic mass is 35.5. The summed E-state index contributed by atoms with van der Waals surface area (Å²) in [6.07, 6.45) is 5.51. The van der Waals surface area contributed by atoms with Crippen molar-refractivity contribution in [3.8, 4) is 0 Å². The fourth-order valence-electron chi connectivity index (χ4n) is 2.14. The molecule has 0 bridgehead atoms. The van der Waals surface area contributed by atoms with Crippen LogP contribution in [0.15, 0.2) is 36.8 Å². The maximum Gasteiger partial charge on any atom is 0.151 e. The van der Waals surface area contributed by atoms with Gasteiger partial charge in [0, 0.05) is 18.3 Å². The van der Waals surface area contributed by atoms with Crippen molar-refractivity contribution in [1.29, 1.82) is 0 Å². The standard InChI is InChI=1S/C14H15ClN4/c15-12-7-17-9-18-14(12)19(11-5-6-11)8-10-3-1-2-4-13(10)16/h1-4,7,9,11H,5-6,8,16H2. The molecule has 19 heavy (non-hydrogen) atoms. The van der Waals surface area contributed by atoms with Gasteiger partial charge in [0.25, 0.3) is 0 Å². The SMILES string of the molecule is Nc1ccccc1CN(c1ncncc1Cl)C1CC1. The number of rotatable bonds is 4. The quantitative estimate of drug-likeness (QED) is 0.871. The number of hydrogen-bond acceptors (Lipinski definition) is 4. The van der Waals surface area contributed by atoms with Crippen molar-refractivity contribution in [3.05, 3.63) is 47.4 Å². The van der Waals surface area contributed by atoms with Gasteiger partial charge in [-0.25, -0.2) is 9.97 Å². The molecule has 5 heteroatoms. The van der Waals surface area contributed by atoms with Crippen molar-refractivity contribution >= 4 is 23.1 Å². The van der Waals surface area contributed by atoms with Crippen LogP contribution in [0.3, 0.4) is 0 Å². The van der Waals surface area contributed by atoms with E-state index in [1.54, 1.807) is 6.20 Å². The van der Waals surface area contributed by atoms with Gasteiger partial charge < -0.3 is 10.6 Å². The number of nitrogen functional groups attached to an aromatic ring is 1. The average Bonchev–Trinajstić information content (AvgIpc) is 3.23. The van der Waals surface area contributed by atoms with E-state index >= 15 is 0 Å². The van der Waals surface area contributed by atoms with Crippen LogP contribution in [0.25, 0.3) is 0 Å². The number of benzene rings is 1. The van der Waals surface area contributed by atoms with Crippen molar-refractivity contribution in [3.63, 3.8) is 0 Å². The van der Waals surface area contributed by atoms with Crippen LogP contribution in [0.5, 0.6) is 0 Å². The number of halogens is 1. The van der Waals surface area contributed by atoms with E-state index in [4.69, 9.17) is 17.3 Å². The smallest absolute Gasteiger partial charge is 0.151 e. The molecule has 1 aromatic carbocycles. The van der Waals surface area contributed by atoms with Crippen molar-refractivity contribution in [1.82, 2.24) is 9.97 Å². The van der Waals surface area contributed by atoms with E-state index in [2.05, 4.69) is 14.9 Å². The molecule has 0 unspecified atom stereocenters. The fourth-order valence-corrected chi connectivity index (χ4v) is 2.36. The third-order valence-electron chi connectivity index (χ3n) is 3.30. The first kappa shape index (κ1) is 12.2. The number of nitrogens with zero attached hydrogens (tertiary/aromatic N) is 3. The maximum absolute atomic E-state index is 6.20. The number of anilines is 2. The molecule has 1 aliphatic rings. The molecule has 0 radical (unpaired) electrons. The second-order valence-corrected chi connectivity index (χ2v) is 5.16. The Morgan fingerprint density at radius 3 is 2.79 bits per heavy atom. The average molecular weight is 275 g/mol. The van der Waals surface area contributed by atoms with Gasteiger partial charge in [-0.1, -0.05) is 29.8 Å². The molecule has 1 heterocycles. The first-order valence-corrected chi connectivity index (χ1v) is 6.69. The van der Waals surface area contributed by atoms with E-state index in [9.17, 15) is 0 Å². The molecule has 1 aromatic heterocycles. The highest BCUT2D eigenvalue weighted by Gasteiger charge is 2.31. The van der Waals surface area contributed by atoms with Gasteiger partial charge in [-0.3, -0.25) is 0 Å². The van der Waals surface area contributed by atoms with Crippen molar-refractivity contribution in [2.75, 3.05) is 10.6 Å². The molecule has 1 saturated carbocycles. The van der Waals surface area contributed by atoms with Gasteiger partial charge in [0.1, 0.15) is 11.3 Å². The lowest BCUT2D eigenvalue weighted by atomic mass is 10.1. The molecule has 98 valence electrons. The summed E-state index contributed by atoms with van der Waals surface area (Å²) >= 11 is 6.20. The molecule has 1 aliphatic carbocycles. The van der Waals surface area contributed by atoms with Crippen molar-refractivity contribution in [2.24, 2.45) is 0 Å². The normalized spacial score (nSPS) is 14.4. The van der Waals surface area contributed by atoms with Gasteiger partial charge >= 0.3 is 0 Å². The lowest BCUT2D eigenvalue weighted by Crippen LogP contribution is -2.26. The minimum atomic E-state index is 0.506. The Kier molecular flexibility index (Phi) is 3.25. The Bertz CT molecular complexity index is 583. The highest BCUT2D eigenvalue weighted by Crippen LogP contribution is 2.35. The Morgan fingerprint density at radius 1 is 1.32 bits per heavy atom. The number of para-hydroxylation sites is 1. The highest BCUT2D eigenvalue weighted by molar-refractivity contribution is 6.32. The summed E-state index contributed by atoms with van der Waals surface area (Å²) in [7, 11) is 0. The number of hydrogen-bond donors (Lipinski definition) is 1. The van der Waals surface area contributed by atoms with Crippen LogP contribution < -0.4 is 10.6 Å². The molecule has 1 fully saturated rings. The molecular formula is C14H15ClN4. The molecular weight excluding hydrogens is 260 g/mol. The zero-order valence-corrected chi connectivity index (χ0v) is 11.2. The van der Waals surface area contributed by atoms with Gasteiger partial charge in [0.05, 0.1) is 6.20 Å². The fraction of sp³-hybridized carbons (Fsp3) is 0.286. The van der Waals surface area contributed by atoms with Gasteiger partial charge in [0.2, 0.25) is 0 Å². The summed E-state index contributed by atoms with van der Waals surface area (Å²) in [6.45, 7) is 0.730. The van der Waals surface area contributed by atoms with Crippen molar-refractivity contribution in [2.45, 2.75) is 25.4 Å². The molecule has 2 aromatic rings. The predicted octanol–water partition coefficient (Wildman–Crippen LogP) is 2.88. The lowest BCUT2D eigenvalue weighted by molar-refractivity contribution is 0.777. The van der Waals surface area contributed by atoms with E-state index < -0.39 is 0 Å². The predicted molar refractivity (Wildman–Crippen MR) is 77.1 cm³/mol. The van der Waals surface area contributed by atoms with E-state index in [-0.39, 0.29) is 0 Å². The molecule has 0 atom stereocenters. The third kappa shape index (κ3) is 2.63.